The molecule has 19 heavy (non-hydrogen) atoms. The monoisotopic (exact) mass is 259 g/mol. The molecule has 0 fully saturated rings. The van der Waals surface area contributed by atoms with Gasteiger partial charge in [0.2, 0.25) is 0 Å². The summed E-state index contributed by atoms with van der Waals surface area (Å²) in [6.45, 7) is 9.47. The second-order valence-electron chi connectivity index (χ2n) is 4.78. The zero-order chi connectivity index (χ0) is 14.0. The van der Waals surface area contributed by atoms with Crippen molar-refractivity contribution in [3.63, 3.8) is 0 Å². The fourth-order valence-corrected chi connectivity index (χ4v) is 2.61. The first-order chi connectivity index (χ1) is 9.08. The molecule has 0 aliphatic carbocycles. The van der Waals surface area contributed by atoms with Gasteiger partial charge in [0, 0.05) is 42.3 Å². The lowest BCUT2D eigenvalue weighted by atomic mass is 10.1. The van der Waals surface area contributed by atoms with Crippen LogP contribution in [0.4, 0.5) is 0 Å². The average molecular weight is 259 g/mol. The normalized spacial score (nSPS) is 10.9. The Bertz CT molecular complexity index is 593. The molecule has 0 amide bonds. The van der Waals surface area contributed by atoms with Crippen LogP contribution in [-0.2, 0) is 19.5 Å². The van der Waals surface area contributed by atoms with Crippen molar-refractivity contribution in [2.75, 3.05) is 0 Å². The van der Waals surface area contributed by atoms with Crippen LogP contribution in [0.25, 0.3) is 0 Å². The van der Waals surface area contributed by atoms with E-state index >= 15 is 0 Å². The quantitative estimate of drug-likeness (QED) is 0.775. The van der Waals surface area contributed by atoms with Crippen molar-refractivity contribution in [2.45, 2.75) is 47.2 Å². The number of hydrogen-bond donors (Lipinski definition) is 0. The van der Waals surface area contributed by atoms with Crippen molar-refractivity contribution in [1.82, 2.24) is 14.1 Å². The summed E-state index contributed by atoms with van der Waals surface area (Å²) in [7, 11) is 0. The van der Waals surface area contributed by atoms with Crippen LogP contribution >= 0.6 is 0 Å². The minimum atomic E-state index is 0.153. The van der Waals surface area contributed by atoms with Gasteiger partial charge in [0.05, 0.1) is 6.54 Å². The SMILES string of the molecule is CCc1nccn1CC(=O)c1cc(C)n(CC)c1C. The van der Waals surface area contributed by atoms with Gasteiger partial charge < -0.3 is 9.13 Å². The molecule has 2 aromatic heterocycles. The molecule has 0 spiro atoms. The van der Waals surface area contributed by atoms with Crippen molar-refractivity contribution < 1.29 is 4.79 Å². The molecule has 2 heterocycles. The first-order valence-electron chi connectivity index (χ1n) is 6.78. The van der Waals surface area contributed by atoms with Gasteiger partial charge in [-0.25, -0.2) is 4.98 Å². The summed E-state index contributed by atoms with van der Waals surface area (Å²) in [5, 5.41) is 0. The van der Waals surface area contributed by atoms with Crippen LogP contribution in [0.5, 0.6) is 0 Å². The first-order valence-corrected chi connectivity index (χ1v) is 6.78. The summed E-state index contributed by atoms with van der Waals surface area (Å²) in [5.41, 5.74) is 3.03. The number of aryl methyl sites for hydroxylation is 2. The zero-order valence-electron chi connectivity index (χ0n) is 12.1. The van der Waals surface area contributed by atoms with E-state index in [1.165, 1.54) is 0 Å². The van der Waals surface area contributed by atoms with E-state index in [1.54, 1.807) is 6.20 Å². The number of Topliss-reactive ketones (excluding diaryl/α,β-unsaturated/α-hetero) is 1. The summed E-state index contributed by atoms with van der Waals surface area (Å²) in [4.78, 5) is 16.7. The van der Waals surface area contributed by atoms with Crippen molar-refractivity contribution >= 4 is 5.78 Å². The van der Waals surface area contributed by atoms with E-state index in [1.807, 2.05) is 37.6 Å². The molecule has 0 saturated heterocycles. The molecule has 0 aliphatic heterocycles. The molecule has 0 aromatic carbocycles. The third kappa shape index (κ3) is 2.48. The van der Waals surface area contributed by atoms with Gasteiger partial charge >= 0.3 is 0 Å². The van der Waals surface area contributed by atoms with Gasteiger partial charge in [0.15, 0.2) is 5.78 Å². The maximum Gasteiger partial charge on any atom is 0.184 e. The predicted molar refractivity (Wildman–Crippen MR) is 75.5 cm³/mol. The fraction of sp³-hybridized carbons (Fsp3) is 0.467. The van der Waals surface area contributed by atoms with E-state index < -0.39 is 0 Å². The highest BCUT2D eigenvalue weighted by Crippen LogP contribution is 2.16. The highest BCUT2D eigenvalue weighted by atomic mass is 16.1. The van der Waals surface area contributed by atoms with Crippen LogP contribution in [0.1, 0.15) is 41.4 Å². The van der Waals surface area contributed by atoms with Crippen LogP contribution in [0.3, 0.4) is 0 Å². The summed E-state index contributed by atoms with van der Waals surface area (Å²) < 4.78 is 4.10. The van der Waals surface area contributed by atoms with E-state index in [-0.39, 0.29) is 5.78 Å². The Morgan fingerprint density at radius 2 is 2.05 bits per heavy atom. The molecule has 0 radical (unpaired) electrons. The highest BCUT2D eigenvalue weighted by Gasteiger charge is 2.16. The second kappa shape index (κ2) is 5.43. The molecule has 4 heteroatoms. The van der Waals surface area contributed by atoms with Gasteiger partial charge in [0.1, 0.15) is 5.82 Å². The molecule has 4 nitrogen and oxygen atoms in total. The van der Waals surface area contributed by atoms with Gasteiger partial charge in [-0.1, -0.05) is 6.92 Å². The van der Waals surface area contributed by atoms with Gasteiger partial charge in [0.25, 0.3) is 0 Å². The standard InChI is InChI=1S/C15H21N3O/c1-5-15-16-7-8-17(15)10-14(19)13-9-11(3)18(6-2)12(13)4/h7-9H,5-6,10H2,1-4H3. The number of nitrogens with zero attached hydrogens (tertiary/aromatic N) is 3. The summed E-state index contributed by atoms with van der Waals surface area (Å²) in [6, 6.07) is 1.99. The Labute approximate surface area is 114 Å². The van der Waals surface area contributed by atoms with Gasteiger partial charge in [-0.2, -0.15) is 0 Å². The number of hydrogen-bond acceptors (Lipinski definition) is 2. The Balaban J connectivity index is 2.26. The largest absolute Gasteiger partial charge is 0.349 e. The molecule has 0 unspecified atom stereocenters. The van der Waals surface area contributed by atoms with Crippen molar-refractivity contribution in [1.29, 1.82) is 0 Å². The van der Waals surface area contributed by atoms with E-state index in [9.17, 15) is 4.79 Å². The Hall–Kier alpha value is -1.84. The number of imidazole rings is 1. The Kier molecular flexibility index (Phi) is 3.88. The molecule has 0 saturated carbocycles. The lowest BCUT2D eigenvalue weighted by Gasteiger charge is -2.07. The van der Waals surface area contributed by atoms with E-state index in [0.29, 0.717) is 6.54 Å². The molecule has 2 aromatic rings. The van der Waals surface area contributed by atoms with Crippen LogP contribution in [0.2, 0.25) is 0 Å². The molecule has 0 aliphatic rings. The molecular weight excluding hydrogens is 238 g/mol. The number of ketones is 1. The second-order valence-corrected chi connectivity index (χ2v) is 4.78. The molecule has 2 rings (SSSR count). The topological polar surface area (TPSA) is 39.8 Å². The van der Waals surface area contributed by atoms with Crippen molar-refractivity contribution in [3.05, 3.63) is 41.2 Å². The summed E-state index contributed by atoms with van der Waals surface area (Å²) in [6.07, 6.45) is 4.46. The minimum Gasteiger partial charge on any atom is -0.349 e. The minimum absolute atomic E-state index is 0.153. The highest BCUT2D eigenvalue weighted by molar-refractivity contribution is 5.97. The van der Waals surface area contributed by atoms with Gasteiger partial charge in [-0.3, -0.25) is 4.79 Å². The zero-order valence-corrected chi connectivity index (χ0v) is 12.1. The number of aromatic nitrogens is 3. The lowest BCUT2D eigenvalue weighted by Crippen LogP contribution is -2.13. The first kappa shape index (κ1) is 13.6. The van der Waals surface area contributed by atoms with Crippen molar-refractivity contribution in [3.8, 4) is 0 Å². The molecule has 0 atom stereocenters. The number of carbonyl (C=O) groups is 1. The molecule has 0 bridgehead atoms. The summed E-state index contributed by atoms with van der Waals surface area (Å²) in [5.74, 6) is 1.11. The Morgan fingerprint density at radius 1 is 1.32 bits per heavy atom. The van der Waals surface area contributed by atoms with E-state index in [4.69, 9.17) is 0 Å². The average Bonchev–Trinajstić information content (AvgIpc) is 2.94. The molecule has 0 N–H and O–H groups in total. The van der Waals surface area contributed by atoms with Crippen LogP contribution < -0.4 is 0 Å². The number of carbonyl (C=O) groups excluding carboxylic acids is 1. The Morgan fingerprint density at radius 3 is 2.63 bits per heavy atom. The summed E-state index contributed by atoms with van der Waals surface area (Å²) >= 11 is 0. The third-order valence-corrected chi connectivity index (χ3v) is 3.62. The molecule has 102 valence electrons. The van der Waals surface area contributed by atoms with Gasteiger partial charge in [-0.15, -0.1) is 0 Å². The van der Waals surface area contributed by atoms with Crippen LogP contribution in [-0.4, -0.2) is 19.9 Å². The van der Waals surface area contributed by atoms with Crippen molar-refractivity contribution in [2.24, 2.45) is 0 Å². The fourth-order valence-electron chi connectivity index (χ4n) is 2.61. The van der Waals surface area contributed by atoms with Gasteiger partial charge in [-0.05, 0) is 26.8 Å². The molecular formula is C15H21N3O. The predicted octanol–water partition coefficient (Wildman–Crippen LogP) is 2.77. The maximum absolute atomic E-state index is 12.4. The maximum atomic E-state index is 12.4. The lowest BCUT2D eigenvalue weighted by molar-refractivity contribution is 0.0970. The van der Waals surface area contributed by atoms with E-state index in [2.05, 4.69) is 16.5 Å². The van der Waals surface area contributed by atoms with Crippen LogP contribution in [0.15, 0.2) is 18.5 Å². The number of rotatable bonds is 5. The smallest absolute Gasteiger partial charge is 0.184 e. The van der Waals surface area contributed by atoms with Crippen LogP contribution in [0, 0.1) is 13.8 Å². The third-order valence-electron chi connectivity index (χ3n) is 3.62. The van der Waals surface area contributed by atoms with E-state index in [0.717, 1.165) is 35.7 Å².